The second-order valence-electron chi connectivity index (χ2n) is 3.75. The number of methoxy groups -OCH3 is 1. The lowest BCUT2D eigenvalue weighted by Crippen LogP contribution is -2.05. The summed E-state index contributed by atoms with van der Waals surface area (Å²) < 4.78 is 28.0. The molecule has 1 aromatic rings. The van der Waals surface area contributed by atoms with Gasteiger partial charge in [-0.3, -0.25) is 9.55 Å². The minimum atomic E-state index is -3.22. The van der Waals surface area contributed by atoms with E-state index < -0.39 is 13.6 Å². The molecule has 0 saturated carbocycles. The number of hydrogen-bond donors (Lipinski definition) is 0. The fourth-order valence-corrected chi connectivity index (χ4v) is 3.89. The Balaban J connectivity index is 2.97. The maximum Gasteiger partial charge on any atom is 0.339 e. The highest BCUT2D eigenvalue weighted by Crippen LogP contribution is 2.51. The molecule has 1 rings (SSSR count). The maximum atomic E-state index is 12.4. The molecule has 0 spiro atoms. The number of hydrogen-bond acceptors (Lipinski definition) is 6. The van der Waals surface area contributed by atoms with Gasteiger partial charge in [-0.15, -0.1) is 0 Å². The molecule has 0 saturated heterocycles. The van der Waals surface area contributed by atoms with Gasteiger partial charge in [-0.05, 0) is 35.8 Å². The Morgan fingerprint density at radius 2 is 1.95 bits per heavy atom. The van der Waals surface area contributed by atoms with Gasteiger partial charge in [0.15, 0.2) is 0 Å². The Morgan fingerprint density at radius 3 is 2.40 bits per heavy atom. The number of rotatable bonds is 7. The number of ether oxygens (including phenoxy) is 1. The molecule has 0 fully saturated rings. The number of esters is 1. The summed E-state index contributed by atoms with van der Waals surface area (Å²) >= 11 is 3.30. The topological polar surface area (TPSA) is 74.7 Å². The second kappa shape index (κ2) is 7.88. The molecule has 0 aliphatic rings. The molecule has 6 nitrogen and oxygen atoms in total. The summed E-state index contributed by atoms with van der Waals surface area (Å²) in [5.41, 5.74) is 0.814. The highest BCUT2D eigenvalue weighted by atomic mass is 79.9. The van der Waals surface area contributed by atoms with Gasteiger partial charge in [0.1, 0.15) is 0 Å². The van der Waals surface area contributed by atoms with Crippen LogP contribution in [0, 0.1) is 0 Å². The lowest BCUT2D eigenvalue weighted by Gasteiger charge is -2.17. The number of aromatic nitrogens is 1. The summed E-state index contributed by atoms with van der Waals surface area (Å²) in [5.74, 6) is -0.484. The Bertz CT molecular complexity index is 513. The van der Waals surface area contributed by atoms with E-state index in [1.54, 1.807) is 19.9 Å². The predicted molar refractivity (Wildman–Crippen MR) is 77.8 cm³/mol. The molecule has 0 unspecified atom stereocenters. The third-order valence-electron chi connectivity index (χ3n) is 2.33. The smallest absolute Gasteiger partial charge is 0.339 e. The Hall–Kier alpha value is -0.750. The molecular weight excluding hydrogens is 349 g/mol. The molecule has 112 valence electrons. The Kier molecular flexibility index (Phi) is 6.82. The molecule has 0 atom stereocenters. The van der Waals surface area contributed by atoms with Crippen molar-refractivity contribution >= 4 is 29.5 Å². The summed E-state index contributed by atoms with van der Waals surface area (Å²) in [6.07, 6.45) is 1.41. The van der Waals surface area contributed by atoms with Crippen molar-refractivity contribution in [3.63, 3.8) is 0 Å². The maximum absolute atomic E-state index is 12.4. The van der Waals surface area contributed by atoms with Gasteiger partial charge in [-0.1, -0.05) is 0 Å². The summed E-state index contributed by atoms with van der Waals surface area (Å²) in [6, 6.07) is 1.57. The van der Waals surface area contributed by atoms with Crippen molar-refractivity contribution in [1.29, 1.82) is 0 Å². The van der Waals surface area contributed by atoms with E-state index in [9.17, 15) is 9.36 Å². The SMILES string of the molecule is CCOP(=O)(Cc1ncc(C(=O)OC)cc1Br)OCC. The standard InChI is InChI=1S/C12H17BrNO5P/c1-4-18-20(16,19-5-2)8-11-10(13)6-9(7-14-11)12(15)17-3/h6-7H,4-5,8H2,1-3H3. The molecule has 0 N–H and O–H groups in total. The number of carbonyl (C=O) groups excluding carboxylic acids is 1. The molecule has 0 amide bonds. The largest absolute Gasteiger partial charge is 0.465 e. The minimum absolute atomic E-state index is 0.0384. The molecule has 0 radical (unpaired) electrons. The molecular formula is C12H17BrNO5P. The molecule has 20 heavy (non-hydrogen) atoms. The Morgan fingerprint density at radius 1 is 1.35 bits per heavy atom. The van der Waals surface area contributed by atoms with Crippen molar-refractivity contribution in [1.82, 2.24) is 4.98 Å². The van der Waals surface area contributed by atoms with Crippen LogP contribution in [0.2, 0.25) is 0 Å². The quantitative estimate of drug-likeness (QED) is 0.544. The zero-order valence-electron chi connectivity index (χ0n) is 11.6. The van der Waals surface area contributed by atoms with E-state index >= 15 is 0 Å². The van der Waals surface area contributed by atoms with Gasteiger partial charge < -0.3 is 13.8 Å². The van der Waals surface area contributed by atoms with Crippen molar-refractivity contribution in [3.8, 4) is 0 Å². The first kappa shape index (κ1) is 17.3. The van der Waals surface area contributed by atoms with Gasteiger partial charge in [0, 0.05) is 10.7 Å². The van der Waals surface area contributed by atoms with Crippen LogP contribution in [0.25, 0.3) is 0 Å². The predicted octanol–water partition coefficient (Wildman–Crippen LogP) is 3.40. The van der Waals surface area contributed by atoms with Gasteiger partial charge >= 0.3 is 13.6 Å². The van der Waals surface area contributed by atoms with Crippen LogP contribution in [0.5, 0.6) is 0 Å². The van der Waals surface area contributed by atoms with Crippen LogP contribution in [-0.4, -0.2) is 31.3 Å². The van der Waals surface area contributed by atoms with Crippen LogP contribution in [0.15, 0.2) is 16.7 Å². The average Bonchev–Trinajstić information content (AvgIpc) is 2.40. The first-order chi connectivity index (χ1) is 9.45. The lowest BCUT2D eigenvalue weighted by atomic mass is 10.2. The number of carbonyl (C=O) groups is 1. The van der Waals surface area contributed by atoms with Crippen LogP contribution in [0.4, 0.5) is 0 Å². The highest BCUT2D eigenvalue weighted by molar-refractivity contribution is 9.10. The van der Waals surface area contributed by atoms with Crippen molar-refractivity contribution in [2.24, 2.45) is 0 Å². The number of pyridine rings is 1. The summed E-state index contributed by atoms with van der Waals surface area (Å²) in [4.78, 5) is 15.5. The van der Waals surface area contributed by atoms with E-state index in [1.807, 2.05) is 0 Å². The third-order valence-corrected chi connectivity index (χ3v) is 5.01. The molecule has 0 aliphatic heterocycles. The van der Waals surface area contributed by atoms with E-state index in [-0.39, 0.29) is 19.4 Å². The van der Waals surface area contributed by atoms with Gasteiger partial charge in [-0.25, -0.2) is 4.79 Å². The summed E-state index contributed by atoms with van der Waals surface area (Å²) in [6.45, 7) is 4.06. The third kappa shape index (κ3) is 4.66. The monoisotopic (exact) mass is 365 g/mol. The van der Waals surface area contributed by atoms with Crippen molar-refractivity contribution in [2.45, 2.75) is 20.0 Å². The van der Waals surface area contributed by atoms with E-state index in [0.29, 0.717) is 15.7 Å². The summed E-state index contributed by atoms with van der Waals surface area (Å²) in [7, 11) is -1.93. The fourth-order valence-electron chi connectivity index (χ4n) is 1.52. The van der Waals surface area contributed by atoms with E-state index in [4.69, 9.17) is 9.05 Å². The summed E-state index contributed by atoms with van der Waals surface area (Å²) in [5, 5.41) is 0. The normalized spacial score (nSPS) is 11.4. The van der Waals surface area contributed by atoms with Gasteiger partial charge in [0.05, 0.1) is 37.7 Å². The van der Waals surface area contributed by atoms with Crippen LogP contribution >= 0.6 is 23.5 Å². The van der Waals surface area contributed by atoms with Gasteiger partial charge in [-0.2, -0.15) is 0 Å². The number of halogens is 1. The molecule has 1 heterocycles. The van der Waals surface area contributed by atoms with Gasteiger partial charge in [0.2, 0.25) is 0 Å². The molecule has 1 aromatic heterocycles. The van der Waals surface area contributed by atoms with E-state index in [1.165, 1.54) is 13.3 Å². The van der Waals surface area contributed by atoms with Crippen molar-refractivity contribution < 1.29 is 23.1 Å². The first-order valence-corrected chi connectivity index (χ1v) is 8.58. The Labute approximate surface area is 126 Å². The van der Waals surface area contributed by atoms with Crippen LogP contribution in [-0.2, 0) is 24.5 Å². The molecule has 0 aromatic carbocycles. The minimum Gasteiger partial charge on any atom is -0.465 e. The fraction of sp³-hybridized carbons (Fsp3) is 0.500. The lowest BCUT2D eigenvalue weighted by molar-refractivity contribution is 0.0600. The zero-order valence-corrected chi connectivity index (χ0v) is 14.1. The first-order valence-electron chi connectivity index (χ1n) is 6.06. The van der Waals surface area contributed by atoms with Crippen molar-refractivity contribution in [3.05, 3.63) is 28.0 Å². The second-order valence-corrected chi connectivity index (χ2v) is 6.66. The highest BCUT2D eigenvalue weighted by Gasteiger charge is 2.26. The van der Waals surface area contributed by atoms with E-state index in [0.717, 1.165) is 0 Å². The van der Waals surface area contributed by atoms with Crippen molar-refractivity contribution in [2.75, 3.05) is 20.3 Å². The average molecular weight is 366 g/mol. The van der Waals surface area contributed by atoms with Gasteiger partial charge in [0.25, 0.3) is 0 Å². The molecule has 8 heteroatoms. The zero-order chi connectivity index (χ0) is 15.2. The van der Waals surface area contributed by atoms with E-state index in [2.05, 4.69) is 25.7 Å². The number of nitrogens with zero attached hydrogens (tertiary/aromatic N) is 1. The van der Waals surface area contributed by atoms with Crippen LogP contribution < -0.4 is 0 Å². The van der Waals surface area contributed by atoms with Crippen LogP contribution in [0.1, 0.15) is 29.9 Å². The van der Waals surface area contributed by atoms with Crippen LogP contribution in [0.3, 0.4) is 0 Å². The molecule has 0 aliphatic carbocycles. The molecule has 0 bridgehead atoms.